The largest absolute Gasteiger partial charge is 0.396 e. The molecule has 0 bridgehead atoms. The van der Waals surface area contributed by atoms with Crippen molar-refractivity contribution in [1.82, 2.24) is 4.98 Å². The molecule has 0 unspecified atom stereocenters. The van der Waals surface area contributed by atoms with E-state index in [0.29, 0.717) is 17.2 Å². The summed E-state index contributed by atoms with van der Waals surface area (Å²) in [5.74, 6) is 6.14. The summed E-state index contributed by atoms with van der Waals surface area (Å²) in [6, 6.07) is 9.45. The molecule has 2 N–H and O–H groups in total. The van der Waals surface area contributed by atoms with Gasteiger partial charge in [-0.2, -0.15) is 0 Å². The van der Waals surface area contributed by atoms with Gasteiger partial charge >= 0.3 is 0 Å². The molecular formula is C16H13FN2. The van der Waals surface area contributed by atoms with Crippen LogP contribution in [0.1, 0.15) is 18.5 Å². The molecule has 1 aliphatic carbocycles. The minimum Gasteiger partial charge on any atom is -0.396 e. The van der Waals surface area contributed by atoms with Crippen LogP contribution in [0.2, 0.25) is 0 Å². The van der Waals surface area contributed by atoms with Crippen molar-refractivity contribution in [3.8, 4) is 23.0 Å². The first-order valence-electron chi connectivity index (χ1n) is 6.26. The highest BCUT2D eigenvalue weighted by Gasteiger charge is 2.18. The Morgan fingerprint density at radius 2 is 1.95 bits per heavy atom. The lowest BCUT2D eigenvalue weighted by molar-refractivity contribution is 0.626. The lowest BCUT2D eigenvalue weighted by atomic mass is 10.0. The average molecular weight is 252 g/mol. The van der Waals surface area contributed by atoms with Crippen LogP contribution in [0.3, 0.4) is 0 Å². The summed E-state index contributed by atoms with van der Waals surface area (Å²) in [6.07, 6.45) is 3.42. The molecule has 94 valence electrons. The fourth-order valence-corrected chi connectivity index (χ4v) is 1.89. The van der Waals surface area contributed by atoms with Gasteiger partial charge < -0.3 is 5.73 Å². The van der Waals surface area contributed by atoms with E-state index in [9.17, 15) is 4.39 Å². The molecule has 19 heavy (non-hydrogen) atoms. The van der Waals surface area contributed by atoms with E-state index >= 15 is 0 Å². The number of pyridine rings is 1. The predicted octanol–water partition coefficient (Wildman–Crippen LogP) is 3.23. The van der Waals surface area contributed by atoms with Gasteiger partial charge in [-0.25, -0.2) is 9.37 Å². The van der Waals surface area contributed by atoms with E-state index in [0.717, 1.165) is 24.6 Å². The van der Waals surface area contributed by atoms with Crippen LogP contribution in [0.25, 0.3) is 11.1 Å². The Hall–Kier alpha value is -2.34. The first-order chi connectivity index (χ1) is 9.25. The minimum absolute atomic E-state index is 0.112. The van der Waals surface area contributed by atoms with Crippen LogP contribution in [-0.2, 0) is 0 Å². The summed E-state index contributed by atoms with van der Waals surface area (Å²) in [5.41, 5.74) is 7.95. The maximum absolute atomic E-state index is 13.6. The fourth-order valence-electron chi connectivity index (χ4n) is 1.89. The second-order valence-electron chi connectivity index (χ2n) is 4.65. The van der Waals surface area contributed by atoms with Crippen LogP contribution in [0, 0.1) is 23.6 Å². The summed E-state index contributed by atoms with van der Waals surface area (Å²) in [4.78, 5) is 4.09. The molecule has 0 aliphatic heterocycles. The zero-order valence-corrected chi connectivity index (χ0v) is 10.4. The third-order valence-corrected chi connectivity index (χ3v) is 3.10. The monoisotopic (exact) mass is 252 g/mol. The van der Waals surface area contributed by atoms with E-state index in [1.807, 2.05) is 30.3 Å². The van der Waals surface area contributed by atoms with Gasteiger partial charge in [0.25, 0.3) is 0 Å². The molecule has 1 saturated carbocycles. The van der Waals surface area contributed by atoms with Gasteiger partial charge in [-0.1, -0.05) is 36.3 Å². The van der Waals surface area contributed by atoms with Gasteiger partial charge in [0.05, 0.1) is 11.9 Å². The molecule has 2 aromatic rings. The van der Waals surface area contributed by atoms with Crippen molar-refractivity contribution < 1.29 is 4.39 Å². The molecule has 0 radical (unpaired) electrons. The zero-order valence-electron chi connectivity index (χ0n) is 10.4. The highest BCUT2D eigenvalue weighted by Crippen LogP contribution is 2.31. The quantitative estimate of drug-likeness (QED) is 0.791. The van der Waals surface area contributed by atoms with Crippen molar-refractivity contribution in [2.24, 2.45) is 5.92 Å². The summed E-state index contributed by atoms with van der Waals surface area (Å²) < 4.78 is 13.6. The summed E-state index contributed by atoms with van der Waals surface area (Å²) in [5, 5.41) is 0. The average Bonchev–Trinajstić information content (AvgIpc) is 3.25. The topological polar surface area (TPSA) is 38.9 Å². The smallest absolute Gasteiger partial charge is 0.165 e. The van der Waals surface area contributed by atoms with Crippen LogP contribution in [0.5, 0.6) is 0 Å². The molecule has 0 atom stereocenters. The maximum Gasteiger partial charge on any atom is 0.165 e. The molecule has 3 rings (SSSR count). The van der Waals surface area contributed by atoms with Crippen molar-refractivity contribution in [1.29, 1.82) is 0 Å². The van der Waals surface area contributed by atoms with E-state index < -0.39 is 5.82 Å². The highest BCUT2D eigenvalue weighted by molar-refractivity contribution is 5.80. The second-order valence-corrected chi connectivity index (χ2v) is 4.65. The number of nitrogen functional groups attached to an aromatic ring is 1. The molecule has 1 aliphatic rings. The molecule has 0 amide bonds. The third kappa shape index (κ3) is 2.43. The van der Waals surface area contributed by atoms with Gasteiger partial charge in [-0.15, -0.1) is 0 Å². The van der Waals surface area contributed by atoms with Crippen LogP contribution < -0.4 is 5.73 Å². The van der Waals surface area contributed by atoms with Crippen LogP contribution in [0.15, 0.2) is 36.5 Å². The van der Waals surface area contributed by atoms with E-state index in [4.69, 9.17) is 5.73 Å². The van der Waals surface area contributed by atoms with Gasteiger partial charge in [0.2, 0.25) is 0 Å². The second kappa shape index (κ2) is 4.74. The standard InChI is InChI=1S/C16H13FN2/c17-13-10-19-14(9-8-11-6-7-11)15(16(13)18)12-4-2-1-3-5-12/h1-5,10-11H,6-7H2,(H2,18,19). The number of nitrogens with two attached hydrogens (primary N) is 1. The number of hydrogen-bond donors (Lipinski definition) is 1. The van der Waals surface area contributed by atoms with Gasteiger partial charge in [0, 0.05) is 11.5 Å². The fraction of sp³-hybridized carbons (Fsp3) is 0.188. The summed E-state index contributed by atoms with van der Waals surface area (Å²) in [7, 11) is 0. The Morgan fingerprint density at radius 3 is 2.63 bits per heavy atom. The number of nitrogens with zero attached hydrogens (tertiary/aromatic N) is 1. The Morgan fingerprint density at radius 1 is 1.21 bits per heavy atom. The maximum atomic E-state index is 13.6. The Balaban J connectivity index is 2.14. The van der Waals surface area contributed by atoms with Crippen molar-refractivity contribution in [3.05, 3.63) is 48.0 Å². The van der Waals surface area contributed by atoms with Crippen LogP contribution in [0.4, 0.5) is 10.1 Å². The van der Waals surface area contributed by atoms with Gasteiger partial charge in [-0.3, -0.25) is 0 Å². The number of hydrogen-bond acceptors (Lipinski definition) is 2. The zero-order chi connectivity index (χ0) is 13.2. The molecule has 2 nitrogen and oxygen atoms in total. The molecule has 1 heterocycles. The first-order valence-corrected chi connectivity index (χ1v) is 6.26. The van der Waals surface area contributed by atoms with E-state index in [2.05, 4.69) is 16.8 Å². The molecule has 1 aromatic heterocycles. The SMILES string of the molecule is Nc1c(F)cnc(C#CC2CC2)c1-c1ccccc1. The highest BCUT2D eigenvalue weighted by atomic mass is 19.1. The van der Waals surface area contributed by atoms with Crippen molar-refractivity contribution in [2.75, 3.05) is 5.73 Å². The van der Waals surface area contributed by atoms with Crippen LogP contribution >= 0.6 is 0 Å². The first kappa shape index (κ1) is 11.7. The number of benzene rings is 1. The lowest BCUT2D eigenvalue weighted by Crippen LogP contribution is -2.00. The number of rotatable bonds is 1. The Kier molecular flexibility index (Phi) is 2.92. The van der Waals surface area contributed by atoms with E-state index in [-0.39, 0.29) is 5.69 Å². The molecule has 0 saturated heterocycles. The van der Waals surface area contributed by atoms with Gasteiger partial charge in [-0.05, 0) is 24.3 Å². The number of aromatic nitrogens is 1. The van der Waals surface area contributed by atoms with E-state index in [1.54, 1.807) is 0 Å². The van der Waals surface area contributed by atoms with Crippen molar-refractivity contribution in [3.63, 3.8) is 0 Å². The minimum atomic E-state index is -0.504. The number of anilines is 1. The van der Waals surface area contributed by atoms with Gasteiger partial charge in [0.1, 0.15) is 5.69 Å². The molecule has 0 spiro atoms. The van der Waals surface area contributed by atoms with E-state index in [1.165, 1.54) is 0 Å². The number of halogens is 1. The molecule has 1 aromatic carbocycles. The lowest BCUT2D eigenvalue weighted by Gasteiger charge is -2.08. The summed E-state index contributed by atoms with van der Waals surface area (Å²) in [6.45, 7) is 0. The molecular weight excluding hydrogens is 239 g/mol. The molecule has 3 heteroatoms. The molecule has 1 fully saturated rings. The predicted molar refractivity (Wildman–Crippen MR) is 73.6 cm³/mol. The van der Waals surface area contributed by atoms with Gasteiger partial charge in [0.15, 0.2) is 5.82 Å². The Bertz CT molecular complexity index is 664. The van der Waals surface area contributed by atoms with Crippen LogP contribution in [-0.4, -0.2) is 4.98 Å². The third-order valence-electron chi connectivity index (χ3n) is 3.10. The van der Waals surface area contributed by atoms with Crippen molar-refractivity contribution >= 4 is 5.69 Å². The Labute approximate surface area is 111 Å². The van der Waals surface area contributed by atoms with Crippen molar-refractivity contribution in [2.45, 2.75) is 12.8 Å². The summed E-state index contributed by atoms with van der Waals surface area (Å²) >= 11 is 0. The normalized spacial score (nSPS) is 13.7.